The smallest absolute Gasteiger partial charge is 0.320 e. The molecule has 0 spiro atoms. The molecule has 11 nitrogen and oxygen atoms in total. The number of hydrogen-bond donors (Lipinski definition) is 8. The maximum Gasteiger partial charge on any atom is 0.320 e. The summed E-state index contributed by atoms with van der Waals surface area (Å²) in [6, 6.07) is -1.47. The van der Waals surface area contributed by atoms with Crippen LogP contribution in [0.3, 0.4) is 0 Å². The standard InChI is InChI=1S/C14H29N3O8/c1-17(6-9(19)11(21)12(22)10(20)7-18)14(25)16-5-3-2-4-8(15)13(23)24/h8-12,18-22H,2-7,15H2,1H3,(H,16,25)(H,23,24)/t8-,9-,10+,11+,12+/m0/s1. The van der Waals surface area contributed by atoms with E-state index in [1.807, 2.05) is 0 Å². The fourth-order valence-electron chi connectivity index (χ4n) is 1.98. The third-order valence-corrected chi connectivity index (χ3v) is 3.67. The van der Waals surface area contributed by atoms with Crippen LogP contribution in [0.4, 0.5) is 4.79 Å². The summed E-state index contributed by atoms with van der Waals surface area (Å²) in [5, 5.41) is 58.0. The molecule has 0 bridgehead atoms. The van der Waals surface area contributed by atoms with Crippen molar-refractivity contribution in [2.24, 2.45) is 5.73 Å². The number of amides is 2. The van der Waals surface area contributed by atoms with E-state index in [-0.39, 0.29) is 19.5 Å². The normalized spacial score (nSPS) is 17.2. The Morgan fingerprint density at radius 3 is 2.16 bits per heavy atom. The highest BCUT2D eigenvalue weighted by molar-refractivity contribution is 5.74. The van der Waals surface area contributed by atoms with Crippen LogP contribution in [0.5, 0.6) is 0 Å². The Hall–Kier alpha value is -1.50. The van der Waals surface area contributed by atoms with Gasteiger partial charge in [0.2, 0.25) is 0 Å². The number of likely N-dealkylation sites (N-methyl/N-ethyl adjacent to an activating group) is 1. The summed E-state index contributed by atoms with van der Waals surface area (Å²) < 4.78 is 0. The maximum atomic E-state index is 11.8. The van der Waals surface area contributed by atoms with Gasteiger partial charge in [-0.3, -0.25) is 4.79 Å². The average Bonchev–Trinajstić information content (AvgIpc) is 2.58. The summed E-state index contributed by atoms with van der Waals surface area (Å²) in [4.78, 5) is 23.4. The quantitative estimate of drug-likeness (QED) is 0.162. The lowest BCUT2D eigenvalue weighted by Crippen LogP contribution is -2.51. The summed E-state index contributed by atoms with van der Waals surface area (Å²) in [7, 11) is 1.36. The van der Waals surface area contributed by atoms with E-state index in [0.717, 1.165) is 4.90 Å². The van der Waals surface area contributed by atoms with E-state index < -0.39 is 49.1 Å². The van der Waals surface area contributed by atoms with Crippen molar-refractivity contribution in [1.82, 2.24) is 10.2 Å². The lowest BCUT2D eigenvalue weighted by atomic mass is 10.0. The molecule has 0 rings (SSSR count). The van der Waals surface area contributed by atoms with Crippen molar-refractivity contribution in [2.45, 2.75) is 49.7 Å². The highest BCUT2D eigenvalue weighted by atomic mass is 16.4. The van der Waals surface area contributed by atoms with Gasteiger partial charge in [-0.05, 0) is 19.3 Å². The van der Waals surface area contributed by atoms with Gasteiger partial charge in [0, 0.05) is 13.6 Å². The van der Waals surface area contributed by atoms with Gasteiger partial charge >= 0.3 is 12.0 Å². The van der Waals surface area contributed by atoms with Gasteiger partial charge in [0.1, 0.15) is 30.5 Å². The van der Waals surface area contributed by atoms with Gasteiger partial charge < -0.3 is 46.6 Å². The van der Waals surface area contributed by atoms with Crippen LogP contribution in [0.1, 0.15) is 19.3 Å². The van der Waals surface area contributed by atoms with E-state index in [2.05, 4.69) is 5.32 Å². The minimum absolute atomic E-state index is 0.278. The van der Waals surface area contributed by atoms with Crippen molar-refractivity contribution in [2.75, 3.05) is 26.7 Å². The molecule has 25 heavy (non-hydrogen) atoms. The minimum Gasteiger partial charge on any atom is -0.480 e. The zero-order valence-corrected chi connectivity index (χ0v) is 14.2. The van der Waals surface area contributed by atoms with Crippen molar-refractivity contribution in [1.29, 1.82) is 0 Å². The molecule has 0 unspecified atom stereocenters. The fourth-order valence-corrected chi connectivity index (χ4v) is 1.98. The summed E-state index contributed by atoms with van der Waals surface area (Å²) in [5.41, 5.74) is 5.35. The van der Waals surface area contributed by atoms with Gasteiger partial charge in [-0.25, -0.2) is 4.79 Å². The molecule has 0 aromatic carbocycles. The van der Waals surface area contributed by atoms with Crippen LogP contribution in [0.15, 0.2) is 0 Å². The highest BCUT2D eigenvalue weighted by Gasteiger charge is 2.31. The highest BCUT2D eigenvalue weighted by Crippen LogP contribution is 2.06. The molecule has 11 heteroatoms. The number of carboxylic acid groups (broad SMARTS) is 1. The van der Waals surface area contributed by atoms with E-state index in [0.29, 0.717) is 12.8 Å². The number of carbonyl (C=O) groups excluding carboxylic acids is 1. The minimum atomic E-state index is -1.75. The number of nitrogens with one attached hydrogen (secondary N) is 1. The molecule has 5 atom stereocenters. The van der Waals surface area contributed by atoms with Gasteiger partial charge in [0.15, 0.2) is 0 Å². The first-order valence-corrected chi connectivity index (χ1v) is 7.92. The summed E-state index contributed by atoms with van der Waals surface area (Å²) in [5.74, 6) is -1.08. The van der Waals surface area contributed by atoms with Crippen LogP contribution in [0.2, 0.25) is 0 Å². The van der Waals surface area contributed by atoms with E-state index in [1.54, 1.807) is 0 Å². The summed E-state index contributed by atoms with van der Waals surface area (Å²) >= 11 is 0. The second-order valence-electron chi connectivity index (χ2n) is 5.85. The first kappa shape index (κ1) is 23.5. The molecule has 0 heterocycles. The number of urea groups is 1. The lowest BCUT2D eigenvalue weighted by molar-refractivity contribution is -0.138. The number of carboxylic acids is 1. The SMILES string of the molecule is CN(C[C@H](O)[C@@H](O)[C@H](O)[C@H](O)CO)C(=O)NCCCC[C@H](N)C(=O)O. The van der Waals surface area contributed by atoms with Crippen LogP contribution >= 0.6 is 0 Å². The Morgan fingerprint density at radius 1 is 1.08 bits per heavy atom. The van der Waals surface area contributed by atoms with Crippen molar-refractivity contribution in [3.8, 4) is 0 Å². The Labute approximate surface area is 145 Å². The number of aliphatic hydroxyl groups excluding tert-OH is 5. The Balaban J connectivity index is 4.10. The summed E-state index contributed by atoms with van der Waals surface area (Å²) in [6.07, 6.45) is -5.31. The van der Waals surface area contributed by atoms with E-state index in [1.165, 1.54) is 7.05 Å². The first-order chi connectivity index (χ1) is 11.6. The van der Waals surface area contributed by atoms with E-state index in [4.69, 9.17) is 15.9 Å². The molecular formula is C14H29N3O8. The Bertz CT molecular complexity index is 412. The monoisotopic (exact) mass is 367 g/mol. The van der Waals surface area contributed by atoms with Crippen molar-refractivity contribution >= 4 is 12.0 Å². The zero-order valence-electron chi connectivity index (χ0n) is 14.2. The molecule has 0 radical (unpaired) electrons. The number of unbranched alkanes of at least 4 members (excludes halogenated alkanes) is 1. The van der Waals surface area contributed by atoms with Crippen LogP contribution in [0.25, 0.3) is 0 Å². The Morgan fingerprint density at radius 2 is 1.64 bits per heavy atom. The Kier molecular flexibility index (Phi) is 11.2. The largest absolute Gasteiger partial charge is 0.480 e. The molecule has 0 aliphatic heterocycles. The molecule has 2 amide bonds. The predicted molar refractivity (Wildman–Crippen MR) is 86.6 cm³/mol. The lowest BCUT2D eigenvalue weighted by Gasteiger charge is -2.28. The number of hydrogen-bond acceptors (Lipinski definition) is 8. The molecule has 0 aromatic heterocycles. The fraction of sp³-hybridized carbons (Fsp3) is 0.857. The number of aliphatic hydroxyl groups is 5. The zero-order chi connectivity index (χ0) is 19.6. The van der Waals surface area contributed by atoms with Gasteiger partial charge in [-0.2, -0.15) is 0 Å². The van der Waals surface area contributed by atoms with Crippen molar-refractivity contribution in [3.63, 3.8) is 0 Å². The van der Waals surface area contributed by atoms with Gasteiger partial charge in [0.25, 0.3) is 0 Å². The van der Waals surface area contributed by atoms with Crippen molar-refractivity contribution < 1.29 is 40.2 Å². The van der Waals surface area contributed by atoms with E-state index >= 15 is 0 Å². The number of nitrogens with two attached hydrogens (primary N) is 1. The average molecular weight is 367 g/mol. The van der Waals surface area contributed by atoms with Gasteiger partial charge in [-0.15, -0.1) is 0 Å². The maximum absolute atomic E-state index is 11.8. The van der Waals surface area contributed by atoms with E-state index in [9.17, 15) is 30.0 Å². The van der Waals surface area contributed by atoms with Crippen LogP contribution in [0, 0.1) is 0 Å². The first-order valence-electron chi connectivity index (χ1n) is 7.92. The molecule has 0 saturated carbocycles. The third-order valence-electron chi connectivity index (χ3n) is 3.67. The van der Waals surface area contributed by atoms with Crippen LogP contribution < -0.4 is 11.1 Å². The number of nitrogens with zero attached hydrogens (tertiary/aromatic N) is 1. The number of aliphatic carboxylic acids is 1. The van der Waals surface area contributed by atoms with Crippen LogP contribution in [-0.2, 0) is 4.79 Å². The second-order valence-corrected chi connectivity index (χ2v) is 5.85. The molecule has 0 saturated heterocycles. The molecule has 0 fully saturated rings. The topological polar surface area (TPSA) is 197 Å². The molecule has 0 aromatic rings. The van der Waals surface area contributed by atoms with Gasteiger partial charge in [-0.1, -0.05) is 0 Å². The molecular weight excluding hydrogens is 338 g/mol. The third kappa shape index (κ3) is 8.95. The molecule has 0 aliphatic rings. The van der Waals surface area contributed by atoms with Crippen molar-refractivity contribution in [3.05, 3.63) is 0 Å². The molecule has 148 valence electrons. The number of rotatable bonds is 12. The summed E-state index contributed by atoms with van der Waals surface area (Å²) in [6.45, 7) is -0.821. The van der Waals surface area contributed by atoms with Gasteiger partial charge in [0.05, 0.1) is 13.2 Å². The predicted octanol–water partition coefficient (Wildman–Crippen LogP) is -3.35. The second kappa shape index (κ2) is 12.0. The molecule has 0 aliphatic carbocycles. The number of carbonyl (C=O) groups is 2. The molecule has 9 N–H and O–H groups in total. The van der Waals surface area contributed by atoms with Crippen LogP contribution in [-0.4, -0.2) is 105 Å².